The predicted octanol–water partition coefficient (Wildman–Crippen LogP) is 3.26. The van der Waals surface area contributed by atoms with Gasteiger partial charge in [-0.2, -0.15) is 5.10 Å². The summed E-state index contributed by atoms with van der Waals surface area (Å²) in [5, 5.41) is 21.9. The van der Waals surface area contributed by atoms with Crippen LogP contribution >= 0.6 is 0 Å². The van der Waals surface area contributed by atoms with E-state index in [0.29, 0.717) is 35.7 Å². The normalized spacial score (nSPS) is 12.5. The fraction of sp³-hybridized carbons (Fsp3) is 0.240. The van der Waals surface area contributed by atoms with Gasteiger partial charge in [-0.15, -0.1) is 0 Å². The Balaban J connectivity index is 1.29. The minimum Gasteiger partial charge on any atom is -0.492 e. The number of aromatic amines is 1. The highest BCUT2D eigenvalue weighted by Gasteiger charge is 2.18. The highest BCUT2D eigenvalue weighted by atomic mass is 32.2. The van der Waals surface area contributed by atoms with Crippen LogP contribution in [0.3, 0.4) is 0 Å². The number of nitrogens with two attached hydrogens (primary N) is 1. The second-order valence-corrected chi connectivity index (χ2v) is 9.99. The Morgan fingerprint density at radius 2 is 1.94 bits per heavy atom. The Hall–Kier alpha value is -3.60. The summed E-state index contributed by atoms with van der Waals surface area (Å²) in [4.78, 5) is 0.118. The highest BCUT2D eigenvalue weighted by Crippen LogP contribution is 2.24. The number of fused-ring (bicyclic) bond motifs is 1. The zero-order valence-electron chi connectivity index (χ0n) is 19.6. The van der Waals surface area contributed by atoms with Gasteiger partial charge in [-0.1, -0.05) is 18.2 Å². The van der Waals surface area contributed by atoms with E-state index in [0.717, 1.165) is 22.3 Å². The number of rotatable bonds is 10. The van der Waals surface area contributed by atoms with E-state index in [9.17, 15) is 13.5 Å². The number of aromatic nitrogens is 2. The fourth-order valence-corrected chi connectivity index (χ4v) is 5.08. The van der Waals surface area contributed by atoms with E-state index in [1.54, 1.807) is 43.3 Å². The van der Waals surface area contributed by atoms with Gasteiger partial charge in [0.1, 0.15) is 12.4 Å². The second kappa shape index (κ2) is 10.3. The number of hydrogen-bond donors (Lipinski definition) is 5. The van der Waals surface area contributed by atoms with Gasteiger partial charge in [0.15, 0.2) is 0 Å². The summed E-state index contributed by atoms with van der Waals surface area (Å²) in [6.45, 7) is 4.88. The van der Waals surface area contributed by atoms with Crippen molar-refractivity contribution in [1.82, 2.24) is 15.5 Å². The SMILES string of the molecule is Cc1ccc(N)cc1S(=O)(=O)Nc1cccc(C(O)CNCCOc2ccc3c(C)n[nH]c3c2)c1. The van der Waals surface area contributed by atoms with E-state index in [1.165, 1.54) is 6.07 Å². The first-order chi connectivity index (χ1) is 16.7. The molecule has 0 fully saturated rings. The molecular formula is C25H29N5O4S. The Morgan fingerprint density at radius 3 is 2.77 bits per heavy atom. The van der Waals surface area contributed by atoms with Crippen LogP contribution in [0.2, 0.25) is 0 Å². The first kappa shape index (κ1) is 24.5. The number of ether oxygens (including phenoxy) is 1. The van der Waals surface area contributed by atoms with Crippen LogP contribution in [0.25, 0.3) is 10.9 Å². The van der Waals surface area contributed by atoms with Crippen LogP contribution < -0.4 is 20.5 Å². The van der Waals surface area contributed by atoms with Gasteiger partial charge in [-0.25, -0.2) is 8.42 Å². The number of nitrogen functional groups attached to an aromatic ring is 1. The number of nitrogens with one attached hydrogen (secondary N) is 3. The smallest absolute Gasteiger partial charge is 0.262 e. The highest BCUT2D eigenvalue weighted by molar-refractivity contribution is 7.92. The van der Waals surface area contributed by atoms with Gasteiger partial charge < -0.3 is 20.9 Å². The van der Waals surface area contributed by atoms with Crippen LogP contribution in [0, 0.1) is 13.8 Å². The summed E-state index contributed by atoms with van der Waals surface area (Å²) in [6, 6.07) is 17.2. The molecule has 1 unspecified atom stereocenters. The molecule has 4 rings (SSSR count). The Morgan fingerprint density at radius 1 is 1.11 bits per heavy atom. The molecule has 0 saturated heterocycles. The van der Waals surface area contributed by atoms with Gasteiger partial charge in [-0.05, 0) is 61.4 Å². The number of H-pyrrole nitrogens is 1. The van der Waals surface area contributed by atoms with Crippen molar-refractivity contribution in [3.8, 4) is 5.75 Å². The number of sulfonamides is 1. The predicted molar refractivity (Wildman–Crippen MR) is 137 cm³/mol. The van der Waals surface area contributed by atoms with Crippen molar-refractivity contribution in [3.63, 3.8) is 0 Å². The second-order valence-electron chi connectivity index (χ2n) is 8.34. The summed E-state index contributed by atoms with van der Waals surface area (Å²) in [6.07, 6.45) is -0.821. The molecule has 0 aliphatic heterocycles. The van der Waals surface area contributed by atoms with Gasteiger partial charge in [0.05, 0.1) is 22.2 Å². The van der Waals surface area contributed by atoms with Crippen molar-refractivity contribution < 1.29 is 18.3 Å². The van der Waals surface area contributed by atoms with Crippen LogP contribution in [-0.2, 0) is 10.0 Å². The van der Waals surface area contributed by atoms with Crippen molar-refractivity contribution in [1.29, 1.82) is 0 Å². The molecule has 0 aliphatic carbocycles. The molecule has 0 aliphatic rings. The maximum absolute atomic E-state index is 12.8. The summed E-state index contributed by atoms with van der Waals surface area (Å²) in [5.41, 5.74) is 9.53. The number of aliphatic hydroxyl groups excluding tert-OH is 1. The third kappa shape index (κ3) is 5.91. The van der Waals surface area contributed by atoms with Gasteiger partial charge in [0.25, 0.3) is 10.0 Å². The average Bonchev–Trinajstić information content (AvgIpc) is 3.20. The molecule has 1 aromatic heterocycles. The number of benzene rings is 3. The quantitative estimate of drug-likeness (QED) is 0.168. The molecule has 35 heavy (non-hydrogen) atoms. The van der Waals surface area contributed by atoms with Gasteiger partial charge >= 0.3 is 0 Å². The summed E-state index contributed by atoms with van der Waals surface area (Å²) in [5.74, 6) is 0.735. The third-order valence-corrected chi connectivity index (χ3v) is 7.16. The van der Waals surface area contributed by atoms with E-state index >= 15 is 0 Å². The molecule has 1 heterocycles. The Bertz CT molecular complexity index is 1440. The summed E-state index contributed by atoms with van der Waals surface area (Å²) in [7, 11) is -3.82. The number of aryl methyl sites for hydroxylation is 2. The van der Waals surface area contributed by atoms with Gasteiger partial charge in [0.2, 0.25) is 0 Å². The molecule has 6 N–H and O–H groups in total. The van der Waals surface area contributed by atoms with E-state index in [2.05, 4.69) is 20.2 Å². The first-order valence-corrected chi connectivity index (χ1v) is 12.7. The van der Waals surface area contributed by atoms with Crippen LogP contribution in [0.15, 0.2) is 65.6 Å². The van der Waals surface area contributed by atoms with Crippen molar-refractivity contribution in [3.05, 3.63) is 77.5 Å². The van der Waals surface area contributed by atoms with Crippen LogP contribution in [0.5, 0.6) is 5.75 Å². The number of anilines is 2. The molecule has 0 spiro atoms. The van der Waals surface area contributed by atoms with Crippen LogP contribution in [-0.4, -0.2) is 43.4 Å². The lowest BCUT2D eigenvalue weighted by molar-refractivity contribution is 0.172. The summed E-state index contributed by atoms with van der Waals surface area (Å²) >= 11 is 0. The standard InChI is InChI=1S/C25H29N5O4S/c1-16-6-7-19(26)13-25(16)35(32,33)30-20-5-3-4-18(12-20)24(31)15-27-10-11-34-21-8-9-22-17(2)28-29-23(22)14-21/h3-9,12-14,24,27,30-31H,10-11,15,26H2,1-2H3,(H,28,29). The number of aliphatic hydroxyl groups is 1. The monoisotopic (exact) mass is 495 g/mol. The molecule has 0 saturated carbocycles. The molecule has 3 aromatic carbocycles. The van der Waals surface area contributed by atoms with E-state index in [-0.39, 0.29) is 11.4 Å². The molecule has 184 valence electrons. The zero-order chi connectivity index (χ0) is 25.0. The summed E-state index contributed by atoms with van der Waals surface area (Å²) < 4.78 is 34.0. The molecule has 4 aromatic rings. The van der Waals surface area contributed by atoms with E-state index < -0.39 is 16.1 Å². The minimum absolute atomic E-state index is 0.118. The lowest BCUT2D eigenvalue weighted by Gasteiger charge is -2.15. The Kier molecular flexibility index (Phi) is 7.25. The lowest BCUT2D eigenvalue weighted by Crippen LogP contribution is -2.26. The molecule has 0 radical (unpaired) electrons. The number of nitrogens with zero attached hydrogens (tertiary/aromatic N) is 1. The largest absolute Gasteiger partial charge is 0.492 e. The van der Waals surface area contributed by atoms with Gasteiger partial charge in [0, 0.05) is 35.9 Å². The molecular weight excluding hydrogens is 466 g/mol. The van der Waals surface area contributed by atoms with E-state index in [1.807, 2.05) is 25.1 Å². The van der Waals surface area contributed by atoms with E-state index in [4.69, 9.17) is 10.5 Å². The lowest BCUT2D eigenvalue weighted by atomic mass is 10.1. The zero-order valence-corrected chi connectivity index (χ0v) is 20.4. The van der Waals surface area contributed by atoms with Crippen molar-refractivity contribution in [2.45, 2.75) is 24.8 Å². The van der Waals surface area contributed by atoms with Crippen molar-refractivity contribution in [2.24, 2.45) is 0 Å². The molecule has 9 nitrogen and oxygen atoms in total. The molecule has 0 bridgehead atoms. The fourth-order valence-electron chi connectivity index (χ4n) is 3.75. The molecule has 10 heteroatoms. The minimum atomic E-state index is -3.82. The third-order valence-electron chi connectivity index (χ3n) is 5.64. The van der Waals surface area contributed by atoms with Crippen LogP contribution in [0.4, 0.5) is 11.4 Å². The number of hydrogen-bond acceptors (Lipinski definition) is 7. The van der Waals surface area contributed by atoms with Gasteiger partial charge in [-0.3, -0.25) is 9.82 Å². The topological polar surface area (TPSA) is 142 Å². The maximum atomic E-state index is 12.8. The van der Waals surface area contributed by atoms with Crippen molar-refractivity contribution in [2.75, 3.05) is 30.2 Å². The molecule has 1 atom stereocenters. The van der Waals surface area contributed by atoms with Crippen LogP contribution in [0.1, 0.15) is 22.9 Å². The maximum Gasteiger partial charge on any atom is 0.262 e. The first-order valence-electron chi connectivity index (χ1n) is 11.2. The molecule has 0 amide bonds. The Labute approximate surface area is 204 Å². The average molecular weight is 496 g/mol. The van der Waals surface area contributed by atoms with Crippen molar-refractivity contribution >= 4 is 32.3 Å².